The number of pyridine rings is 4. The molecule has 0 aliphatic heterocycles. The maximum absolute atomic E-state index is 6.25. The van der Waals surface area contributed by atoms with E-state index < -0.39 is 0 Å². The van der Waals surface area contributed by atoms with Gasteiger partial charge in [0.1, 0.15) is 0 Å². The number of nitrogens with zero attached hydrogens (tertiary/aromatic N) is 22. The molecule has 0 aliphatic rings. The van der Waals surface area contributed by atoms with Crippen LogP contribution in [0.1, 0.15) is 22.3 Å². The Morgan fingerprint density at radius 3 is 0.560 bits per heavy atom. The zero-order chi connectivity index (χ0) is 94.5. The zero-order valence-electron chi connectivity index (χ0n) is 75.3. The summed E-state index contributed by atoms with van der Waals surface area (Å²) < 4.78 is 14.4. The van der Waals surface area contributed by atoms with E-state index >= 15 is 0 Å². The average Bonchev–Trinajstić information content (AvgIpc) is 1.60. The third kappa shape index (κ3) is 32.9. The molecule has 20 aromatic rings. The van der Waals surface area contributed by atoms with Crippen molar-refractivity contribution in [2.75, 3.05) is 0 Å². The molecule has 8 aromatic carbocycles. The monoisotopic (exact) mass is 2510 g/mol. The van der Waals surface area contributed by atoms with Crippen molar-refractivity contribution in [2.24, 2.45) is 56.4 Å². The summed E-state index contributed by atoms with van der Waals surface area (Å²) in [6.07, 6.45) is 22.6. The Bertz CT molecular complexity index is 5840. The van der Waals surface area contributed by atoms with Gasteiger partial charge in [-0.3, -0.25) is 37.5 Å². The van der Waals surface area contributed by atoms with Gasteiger partial charge in [0, 0.05) is 176 Å². The summed E-state index contributed by atoms with van der Waals surface area (Å²) in [5, 5.41) is 47.9. The van der Waals surface area contributed by atoms with Crippen LogP contribution in [-0.2, 0) is 132 Å². The summed E-state index contributed by atoms with van der Waals surface area (Å²) in [5.41, 5.74) is 28.4. The van der Waals surface area contributed by atoms with E-state index in [9.17, 15) is 0 Å². The van der Waals surface area contributed by atoms with E-state index in [0.29, 0.717) is 0 Å². The predicted molar refractivity (Wildman–Crippen MR) is 513 cm³/mol. The first kappa shape index (κ1) is 107. The van der Waals surface area contributed by atoms with Gasteiger partial charge < -0.3 is 43.6 Å². The fourth-order valence-electron chi connectivity index (χ4n) is 12.9. The minimum atomic E-state index is 0. The molecule has 0 aliphatic carbocycles. The van der Waals surface area contributed by atoms with Crippen LogP contribution >= 0.6 is 19.2 Å². The van der Waals surface area contributed by atoms with Gasteiger partial charge in [-0.2, -0.15) is 0 Å². The summed E-state index contributed by atoms with van der Waals surface area (Å²) >= 11 is 2.94. The Morgan fingerprint density at radius 2 is 0.403 bits per heavy atom. The first-order valence-corrected chi connectivity index (χ1v) is 46.7. The third-order valence-electron chi connectivity index (χ3n) is 19.0. The number of aryl methyl sites for hydroxylation is 12. The number of hydrogen-bond donors (Lipinski definition) is 0. The van der Waals surface area contributed by atoms with E-state index in [4.69, 9.17) is 23.7 Å². The average molecular weight is 2510 g/mol. The number of halogens is 2. The number of rotatable bonds is 12. The van der Waals surface area contributed by atoms with Gasteiger partial charge in [-0.05, 0) is 47.0 Å². The van der Waals surface area contributed by atoms with Crippen molar-refractivity contribution in [3.05, 3.63) is 425 Å². The maximum atomic E-state index is 6.25. The molecule has 0 atom stereocenters. The molecule has 0 spiro atoms. The zero-order valence-corrected chi connectivity index (χ0v) is 86.4. The third-order valence-corrected chi connectivity index (χ3v) is 19.0. The molecule has 0 amide bonds. The Morgan fingerprint density at radius 1 is 0.224 bits per heavy atom. The van der Waals surface area contributed by atoms with Crippen LogP contribution in [-0.4, -0.2) is 98.2 Å². The van der Waals surface area contributed by atoms with Crippen molar-refractivity contribution in [1.82, 2.24) is 98.2 Å². The Hall–Kier alpha value is -13.8. The molecular formula is C106H92Cl2Ir4N22. The molecule has 22 nitrogen and oxygen atoms in total. The van der Waals surface area contributed by atoms with Crippen LogP contribution in [0.5, 0.6) is 0 Å². The van der Waals surface area contributed by atoms with E-state index in [1.165, 1.54) is 58.0 Å². The molecule has 12 aromatic heterocycles. The van der Waals surface area contributed by atoms with E-state index in [2.05, 4.69) is 168 Å². The smallest absolute Gasteiger partial charge is 0.305 e. The quantitative estimate of drug-likeness (QED) is 0.103. The molecule has 0 unspecified atom stereocenters. The predicted octanol–water partition coefficient (Wildman–Crippen LogP) is 22.1. The minimum Gasteiger partial charge on any atom is -0.305 e. The molecule has 0 fully saturated rings. The van der Waals surface area contributed by atoms with Gasteiger partial charge in [0.15, 0.2) is 0 Å². The SMILES string of the molecule is Cc1cc(C)c(-c2ccn(C)n2)[c-]c1-c1ccn(C)n1.Cc1cc(C)c(-c2ccn(C)n2)[c-]c1-c1ccn(C)n1.Cn1ccc(-c2[c-]c(-c3ccn(C)n3)ccc2)n1.Cn1ccc(-c2[c-]c(-c3ccn(C)n3)ccc2)n1.[C-]#N.[C-]#N.[Cl][Ir+2].[Cl][Ir+2].[Ir+3].[Ir+3].[c-]1ccccc1-c1ccccn1.[c-]1ccccc1-c1ccccn1.[c-]1ccccc1-c1ccccn1.[c-]1ccccc1-c1ccccn1. The second kappa shape index (κ2) is 57.5. The van der Waals surface area contributed by atoms with Gasteiger partial charge in [-0.25, -0.2) is 40.8 Å². The summed E-state index contributed by atoms with van der Waals surface area (Å²) in [5.74, 6) is 0. The van der Waals surface area contributed by atoms with Crippen molar-refractivity contribution in [3.8, 4) is 135 Å². The molecule has 134 heavy (non-hydrogen) atoms. The van der Waals surface area contributed by atoms with Crippen LogP contribution < -0.4 is 0 Å². The molecule has 28 heteroatoms. The summed E-state index contributed by atoms with van der Waals surface area (Å²) in [4.78, 5) is 16.9. The van der Waals surface area contributed by atoms with Crippen LogP contribution in [0.4, 0.5) is 0 Å². The van der Waals surface area contributed by atoms with Crippen LogP contribution in [0.15, 0.2) is 341 Å². The van der Waals surface area contributed by atoms with Crippen molar-refractivity contribution in [1.29, 1.82) is 10.5 Å². The summed E-state index contributed by atoms with van der Waals surface area (Å²) in [6.45, 7) is 17.9. The van der Waals surface area contributed by atoms with Crippen molar-refractivity contribution in [2.45, 2.75) is 27.7 Å². The standard InChI is InChI=1S/2C16H17N4.2C14H13N4.4C11H8N.2CN.2ClH.4Ir/c2*1-11-9-12(2)14(16-6-8-20(4)18-16)10-13(11)15-5-7-19(3)17-15;2*1-17-8-6-13(15-17)11-4-3-5-12(10-11)14-7-9-18(2)16-14;4*1-2-6-10(7-3-1)11-8-4-5-9-12-11;2*1-2;;;;;;/h2*5-9H,1-4H3;2*3-9H,1-2H3;4*1-6,8-9H;;;2*1H;;;;/q10*-1;;;4*+3/p-2. The van der Waals surface area contributed by atoms with Gasteiger partial charge in [0.25, 0.3) is 0 Å². The Kier molecular flexibility index (Phi) is 46.0. The fraction of sp³-hybridized carbons (Fsp3) is 0.113. The van der Waals surface area contributed by atoms with Crippen molar-refractivity contribution >= 4 is 19.2 Å². The van der Waals surface area contributed by atoms with E-state index in [0.717, 1.165) is 135 Å². The Labute approximate surface area is 840 Å². The first-order valence-electron chi connectivity index (χ1n) is 40.7. The largest absolute Gasteiger partial charge is 3.00 e. The number of hydrogen-bond acceptors (Lipinski definition) is 14. The van der Waals surface area contributed by atoms with Crippen molar-refractivity contribution in [3.63, 3.8) is 0 Å². The fourth-order valence-corrected chi connectivity index (χ4v) is 12.9. The van der Waals surface area contributed by atoms with Crippen LogP contribution in [0, 0.1) is 99.9 Å². The molecule has 676 valence electrons. The molecule has 20 rings (SSSR count). The van der Waals surface area contributed by atoms with Crippen LogP contribution in [0.3, 0.4) is 0 Å². The second-order valence-corrected chi connectivity index (χ2v) is 28.7. The molecule has 0 bridgehead atoms. The van der Waals surface area contributed by atoms with Gasteiger partial charge in [-0.15, -0.1) is 239 Å². The summed E-state index contributed by atoms with van der Waals surface area (Å²) in [7, 11) is 24.6. The van der Waals surface area contributed by atoms with Gasteiger partial charge in [0.05, 0.1) is 0 Å². The maximum Gasteiger partial charge on any atom is 3.00 e. The number of benzene rings is 8. The topological polar surface area (TPSA) is 242 Å². The number of aromatic nitrogens is 20. The summed E-state index contributed by atoms with van der Waals surface area (Å²) in [6, 6.07) is 113. The molecule has 0 N–H and O–H groups in total. The van der Waals surface area contributed by atoms with E-state index in [1.807, 2.05) is 379 Å². The second-order valence-electron chi connectivity index (χ2n) is 28.7. The molecular weight excluding hydrogens is 2420 g/mol. The minimum absolute atomic E-state index is 0. The van der Waals surface area contributed by atoms with Crippen LogP contribution in [0.2, 0.25) is 0 Å². The van der Waals surface area contributed by atoms with Gasteiger partial charge in [0.2, 0.25) is 0 Å². The molecule has 0 saturated heterocycles. The Balaban J connectivity index is 0.000000208. The van der Waals surface area contributed by atoms with Crippen molar-refractivity contribution < 1.29 is 76.0 Å². The molecule has 12 heterocycles. The van der Waals surface area contributed by atoms with Gasteiger partial charge >= 0.3 is 95.2 Å². The molecule has 0 radical (unpaired) electrons. The first-order chi connectivity index (χ1) is 64.4. The van der Waals surface area contributed by atoms with E-state index in [1.54, 1.807) is 43.5 Å². The molecule has 0 saturated carbocycles. The van der Waals surface area contributed by atoms with E-state index in [-0.39, 0.29) is 40.2 Å². The van der Waals surface area contributed by atoms with Gasteiger partial charge in [-0.1, -0.05) is 169 Å². The van der Waals surface area contributed by atoms with Crippen LogP contribution in [0.25, 0.3) is 135 Å². The normalized spacial score (nSPS) is 9.76.